The van der Waals surface area contributed by atoms with Crippen molar-refractivity contribution >= 4 is 11.8 Å². The van der Waals surface area contributed by atoms with Crippen LogP contribution in [0.4, 0.5) is 10.5 Å². The Morgan fingerprint density at radius 1 is 1.40 bits per heavy atom. The van der Waals surface area contributed by atoms with E-state index in [0.717, 1.165) is 5.56 Å². The lowest BCUT2D eigenvalue weighted by atomic mass is 10.0. The summed E-state index contributed by atoms with van der Waals surface area (Å²) in [6.45, 7) is 7.35. The highest BCUT2D eigenvalue weighted by atomic mass is 16.6. The standard InChI is InChI=1S/C16H21NO3/c1-7-11(2)13-9-8-12(10-14(13)19-6)17-15(18)20-16(3,4)5/h1,8-11H,2-6H3,(H,17,18). The molecule has 1 aromatic carbocycles. The fourth-order valence-electron chi connectivity index (χ4n) is 1.66. The second-order valence-corrected chi connectivity index (χ2v) is 5.47. The molecule has 1 amide bonds. The number of ether oxygens (including phenoxy) is 2. The van der Waals surface area contributed by atoms with Gasteiger partial charge in [0.2, 0.25) is 0 Å². The molecule has 0 aromatic heterocycles. The number of terminal acetylenes is 1. The van der Waals surface area contributed by atoms with Crippen LogP contribution < -0.4 is 10.1 Å². The van der Waals surface area contributed by atoms with Crippen molar-refractivity contribution < 1.29 is 14.3 Å². The molecule has 0 bridgehead atoms. The van der Waals surface area contributed by atoms with Gasteiger partial charge >= 0.3 is 6.09 Å². The molecule has 108 valence electrons. The third-order valence-corrected chi connectivity index (χ3v) is 2.60. The lowest BCUT2D eigenvalue weighted by molar-refractivity contribution is 0.0636. The van der Waals surface area contributed by atoms with Crippen LogP contribution in [0.5, 0.6) is 5.75 Å². The van der Waals surface area contributed by atoms with Crippen molar-refractivity contribution in [1.82, 2.24) is 0 Å². The van der Waals surface area contributed by atoms with Crippen molar-refractivity contribution in [3.63, 3.8) is 0 Å². The van der Waals surface area contributed by atoms with Crippen LogP contribution in [0.1, 0.15) is 39.2 Å². The summed E-state index contributed by atoms with van der Waals surface area (Å²) in [5.74, 6) is 3.24. The summed E-state index contributed by atoms with van der Waals surface area (Å²) in [4.78, 5) is 11.7. The third kappa shape index (κ3) is 4.51. The molecule has 1 aromatic rings. The predicted molar refractivity (Wildman–Crippen MR) is 80.1 cm³/mol. The predicted octanol–water partition coefficient (Wildman–Crippen LogP) is 3.78. The first-order valence-corrected chi connectivity index (χ1v) is 6.41. The van der Waals surface area contributed by atoms with Crippen LogP contribution in [0.3, 0.4) is 0 Å². The fraction of sp³-hybridized carbons (Fsp3) is 0.438. The summed E-state index contributed by atoms with van der Waals surface area (Å²) < 4.78 is 10.5. The van der Waals surface area contributed by atoms with Gasteiger partial charge in [0.05, 0.1) is 7.11 Å². The molecule has 4 nitrogen and oxygen atoms in total. The summed E-state index contributed by atoms with van der Waals surface area (Å²) in [6, 6.07) is 5.35. The maximum Gasteiger partial charge on any atom is 0.412 e. The normalized spacial score (nSPS) is 12.2. The molecule has 1 N–H and O–H groups in total. The first-order chi connectivity index (χ1) is 9.26. The van der Waals surface area contributed by atoms with Crippen molar-refractivity contribution in [3.8, 4) is 18.1 Å². The SMILES string of the molecule is C#CC(C)c1ccc(NC(=O)OC(C)(C)C)cc1OC. The number of hydrogen-bond donors (Lipinski definition) is 1. The fourth-order valence-corrected chi connectivity index (χ4v) is 1.66. The third-order valence-electron chi connectivity index (χ3n) is 2.60. The van der Waals surface area contributed by atoms with Crippen molar-refractivity contribution in [2.75, 3.05) is 12.4 Å². The van der Waals surface area contributed by atoms with E-state index < -0.39 is 11.7 Å². The molecular formula is C16H21NO3. The summed E-state index contributed by atoms with van der Waals surface area (Å²) in [6.07, 6.45) is 4.92. The number of anilines is 1. The van der Waals surface area contributed by atoms with Gasteiger partial charge in [-0.25, -0.2) is 4.79 Å². The number of benzene rings is 1. The van der Waals surface area contributed by atoms with Crippen LogP contribution >= 0.6 is 0 Å². The smallest absolute Gasteiger partial charge is 0.412 e. The second-order valence-electron chi connectivity index (χ2n) is 5.47. The number of carbonyl (C=O) groups is 1. The van der Waals surface area contributed by atoms with Gasteiger partial charge in [-0.2, -0.15) is 0 Å². The Morgan fingerprint density at radius 3 is 2.55 bits per heavy atom. The van der Waals surface area contributed by atoms with Crippen molar-refractivity contribution in [2.24, 2.45) is 0 Å². The topological polar surface area (TPSA) is 47.6 Å². The Balaban J connectivity index is 2.89. The molecule has 0 spiro atoms. The monoisotopic (exact) mass is 275 g/mol. The highest BCUT2D eigenvalue weighted by molar-refractivity contribution is 5.85. The van der Waals surface area contributed by atoms with E-state index in [0.29, 0.717) is 11.4 Å². The molecule has 0 fully saturated rings. The van der Waals surface area contributed by atoms with E-state index in [4.69, 9.17) is 15.9 Å². The van der Waals surface area contributed by atoms with Crippen LogP contribution in [0.2, 0.25) is 0 Å². The van der Waals surface area contributed by atoms with Crippen LogP contribution in [0.25, 0.3) is 0 Å². The van der Waals surface area contributed by atoms with Gasteiger partial charge in [0.15, 0.2) is 0 Å². The molecule has 0 aliphatic carbocycles. The van der Waals surface area contributed by atoms with Crippen LogP contribution in [0.15, 0.2) is 18.2 Å². The molecule has 1 unspecified atom stereocenters. The Hall–Kier alpha value is -2.15. The zero-order valence-electron chi connectivity index (χ0n) is 12.6. The van der Waals surface area contributed by atoms with Gasteiger partial charge in [0.1, 0.15) is 11.4 Å². The first kappa shape index (κ1) is 15.9. The molecule has 0 radical (unpaired) electrons. The van der Waals surface area contributed by atoms with Crippen molar-refractivity contribution in [2.45, 2.75) is 39.2 Å². The quantitative estimate of drug-likeness (QED) is 0.854. The molecular weight excluding hydrogens is 254 g/mol. The van der Waals surface area contributed by atoms with Crippen LogP contribution in [-0.2, 0) is 4.74 Å². The van der Waals surface area contributed by atoms with E-state index in [1.807, 2.05) is 33.8 Å². The average molecular weight is 275 g/mol. The van der Waals surface area contributed by atoms with E-state index >= 15 is 0 Å². The van der Waals surface area contributed by atoms with Gasteiger partial charge in [0.25, 0.3) is 0 Å². The van der Waals surface area contributed by atoms with E-state index in [1.165, 1.54) is 0 Å². The average Bonchev–Trinajstić information content (AvgIpc) is 2.35. The molecule has 0 saturated heterocycles. The van der Waals surface area contributed by atoms with Crippen molar-refractivity contribution in [3.05, 3.63) is 23.8 Å². The maximum absolute atomic E-state index is 11.7. The molecule has 4 heteroatoms. The minimum absolute atomic E-state index is 0.0551. The van der Waals surface area contributed by atoms with Gasteiger partial charge in [-0.3, -0.25) is 5.32 Å². The summed E-state index contributed by atoms with van der Waals surface area (Å²) >= 11 is 0. The highest BCUT2D eigenvalue weighted by Gasteiger charge is 2.17. The zero-order valence-corrected chi connectivity index (χ0v) is 12.6. The van der Waals surface area contributed by atoms with Crippen molar-refractivity contribution in [1.29, 1.82) is 0 Å². The molecule has 20 heavy (non-hydrogen) atoms. The molecule has 0 aliphatic rings. The van der Waals surface area contributed by atoms with E-state index in [-0.39, 0.29) is 5.92 Å². The summed E-state index contributed by atoms with van der Waals surface area (Å²) in [5.41, 5.74) is 0.973. The highest BCUT2D eigenvalue weighted by Crippen LogP contribution is 2.29. The van der Waals surface area contributed by atoms with Crippen LogP contribution in [-0.4, -0.2) is 18.8 Å². The van der Waals surface area contributed by atoms with Gasteiger partial charge in [-0.15, -0.1) is 6.42 Å². The number of rotatable bonds is 3. The molecule has 0 saturated carbocycles. The minimum atomic E-state index is -0.536. The lowest BCUT2D eigenvalue weighted by Gasteiger charge is -2.20. The number of nitrogens with one attached hydrogen (secondary N) is 1. The first-order valence-electron chi connectivity index (χ1n) is 6.41. The van der Waals surface area contributed by atoms with Gasteiger partial charge in [-0.05, 0) is 33.8 Å². The summed E-state index contributed by atoms with van der Waals surface area (Å²) in [7, 11) is 1.57. The van der Waals surface area contributed by atoms with Crippen LogP contribution in [0, 0.1) is 12.3 Å². The Labute approximate surface area is 120 Å². The van der Waals surface area contributed by atoms with Gasteiger partial charge in [-0.1, -0.05) is 12.0 Å². The zero-order chi connectivity index (χ0) is 15.3. The number of amides is 1. The summed E-state index contributed by atoms with van der Waals surface area (Å²) in [5, 5.41) is 2.66. The minimum Gasteiger partial charge on any atom is -0.496 e. The molecule has 0 heterocycles. The molecule has 0 aliphatic heterocycles. The van der Waals surface area contributed by atoms with E-state index in [2.05, 4.69) is 11.2 Å². The Kier molecular flexibility index (Phi) is 5.04. The largest absolute Gasteiger partial charge is 0.496 e. The maximum atomic E-state index is 11.7. The molecule has 1 atom stereocenters. The lowest BCUT2D eigenvalue weighted by Crippen LogP contribution is -2.27. The van der Waals surface area contributed by atoms with E-state index in [9.17, 15) is 4.79 Å². The molecule has 1 rings (SSSR count). The number of carbonyl (C=O) groups excluding carboxylic acids is 1. The van der Waals surface area contributed by atoms with Gasteiger partial charge in [0, 0.05) is 23.2 Å². The number of methoxy groups -OCH3 is 1. The Morgan fingerprint density at radius 2 is 2.05 bits per heavy atom. The number of hydrogen-bond acceptors (Lipinski definition) is 3. The van der Waals surface area contributed by atoms with Gasteiger partial charge < -0.3 is 9.47 Å². The second kappa shape index (κ2) is 6.33. The van der Waals surface area contributed by atoms with E-state index in [1.54, 1.807) is 19.2 Å². The Bertz CT molecular complexity index is 524.